The maximum atomic E-state index is 4.93. The number of hydrogen-bond donors (Lipinski definition) is 0. The molecule has 0 aliphatic carbocycles. The van der Waals surface area contributed by atoms with Crippen LogP contribution in [0.4, 0.5) is 5.69 Å². The van der Waals surface area contributed by atoms with E-state index in [1.165, 1.54) is 31.6 Å². The lowest BCUT2D eigenvalue weighted by Crippen LogP contribution is -2.53. The first-order valence-corrected chi connectivity index (χ1v) is 8.15. The molecular weight excluding hydrogens is 270 g/mol. The molecule has 2 bridgehead atoms. The molecule has 1 aromatic heterocycles. The van der Waals surface area contributed by atoms with E-state index < -0.39 is 0 Å². The van der Waals surface area contributed by atoms with Crippen molar-refractivity contribution in [1.29, 1.82) is 0 Å². The second kappa shape index (κ2) is 5.65. The summed E-state index contributed by atoms with van der Waals surface area (Å²) in [7, 11) is 0. The number of hydrogen-bond acceptors (Lipinski definition) is 3. The van der Waals surface area contributed by atoms with Crippen molar-refractivity contribution >= 4 is 11.4 Å². The van der Waals surface area contributed by atoms with Crippen LogP contribution >= 0.6 is 0 Å². The minimum absolute atomic E-state index is 0.487. The van der Waals surface area contributed by atoms with Crippen LogP contribution in [0, 0.1) is 5.92 Å². The zero-order chi connectivity index (χ0) is 14.9. The van der Waals surface area contributed by atoms with Gasteiger partial charge in [0.25, 0.3) is 0 Å². The molecule has 1 unspecified atom stereocenters. The molecule has 2 aromatic rings. The summed E-state index contributed by atoms with van der Waals surface area (Å²) in [6.07, 6.45) is 4.43. The van der Waals surface area contributed by atoms with Crippen molar-refractivity contribution in [3.8, 4) is 11.3 Å². The topological polar surface area (TPSA) is 28.5 Å². The Hall–Kier alpha value is -2.00. The van der Waals surface area contributed by atoms with E-state index >= 15 is 0 Å². The lowest BCUT2D eigenvalue weighted by atomic mass is 9.82. The van der Waals surface area contributed by atoms with Crippen LogP contribution in [-0.2, 0) is 0 Å². The molecule has 0 amide bonds. The monoisotopic (exact) mass is 291 g/mol. The quantitative estimate of drug-likeness (QED) is 0.838. The summed E-state index contributed by atoms with van der Waals surface area (Å²) in [5, 5.41) is 0. The van der Waals surface area contributed by atoms with Crippen LogP contribution in [0.1, 0.15) is 19.8 Å². The molecule has 112 valence electrons. The van der Waals surface area contributed by atoms with Gasteiger partial charge in [-0.25, -0.2) is 0 Å². The van der Waals surface area contributed by atoms with E-state index in [1.54, 1.807) is 0 Å². The Kier molecular flexibility index (Phi) is 3.51. The van der Waals surface area contributed by atoms with Gasteiger partial charge in [-0.2, -0.15) is 0 Å². The molecule has 5 rings (SSSR count). The van der Waals surface area contributed by atoms with Gasteiger partial charge < -0.3 is 0 Å². The van der Waals surface area contributed by atoms with Crippen molar-refractivity contribution in [1.82, 2.24) is 9.88 Å². The second-order valence-corrected chi connectivity index (χ2v) is 6.29. The highest BCUT2D eigenvalue weighted by molar-refractivity contribution is 5.94. The van der Waals surface area contributed by atoms with E-state index in [-0.39, 0.29) is 0 Å². The van der Waals surface area contributed by atoms with Gasteiger partial charge in [-0.3, -0.25) is 14.9 Å². The summed E-state index contributed by atoms with van der Waals surface area (Å²) in [6.45, 7) is 4.75. The van der Waals surface area contributed by atoms with Gasteiger partial charge in [0, 0.05) is 23.2 Å². The highest BCUT2D eigenvalue weighted by Crippen LogP contribution is 2.31. The third kappa shape index (κ3) is 2.46. The van der Waals surface area contributed by atoms with E-state index in [2.05, 4.69) is 41.1 Å². The smallest absolute Gasteiger partial charge is 0.0813 e. The van der Waals surface area contributed by atoms with Gasteiger partial charge in [-0.15, -0.1) is 0 Å². The Labute approximate surface area is 131 Å². The predicted octanol–water partition coefficient (Wildman–Crippen LogP) is 3.94. The van der Waals surface area contributed by atoms with Gasteiger partial charge in [-0.1, -0.05) is 30.3 Å². The zero-order valence-corrected chi connectivity index (χ0v) is 12.9. The zero-order valence-electron chi connectivity index (χ0n) is 12.9. The van der Waals surface area contributed by atoms with E-state index in [0.29, 0.717) is 12.0 Å². The summed E-state index contributed by atoms with van der Waals surface area (Å²) < 4.78 is 0. The van der Waals surface area contributed by atoms with Gasteiger partial charge in [-0.05, 0) is 45.0 Å². The van der Waals surface area contributed by atoms with Crippen molar-refractivity contribution in [2.45, 2.75) is 25.8 Å². The summed E-state index contributed by atoms with van der Waals surface area (Å²) >= 11 is 0. The number of nitrogens with zero attached hydrogens (tertiary/aromatic N) is 3. The number of benzene rings is 1. The Bertz CT molecular complexity index is 664. The Morgan fingerprint density at radius 2 is 1.82 bits per heavy atom. The maximum Gasteiger partial charge on any atom is 0.0813 e. The molecular formula is C19H21N3. The fraction of sp³-hybridized carbons (Fsp3) is 0.368. The summed E-state index contributed by atoms with van der Waals surface area (Å²) in [6, 6.07) is 14.9. The highest BCUT2D eigenvalue weighted by atomic mass is 15.2. The SMILES string of the molecule is CC1C(=Nc2ccc(-c3ccccc3)nc2)C2CCN1CC2. The Balaban J connectivity index is 1.60. The molecule has 0 saturated carbocycles. The summed E-state index contributed by atoms with van der Waals surface area (Å²) in [5.41, 5.74) is 4.49. The van der Waals surface area contributed by atoms with Gasteiger partial charge in [0.05, 0.1) is 17.6 Å². The third-order valence-corrected chi connectivity index (χ3v) is 5.00. The van der Waals surface area contributed by atoms with Crippen LogP contribution in [0.15, 0.2) is 53.7 Å². The van der Waals surface area contributed by atoms with E-state index in [4.69, 9.17) is 4.99 Å². The van der Waals surface area contributed by atoms with Crippen LogP contribution in [0.5, 0.6) is 0 Å². The van der Waals surface area contributed by atoms with Crippen LogP contribution in [-0.4, -0.2) is 34.7 Å². The fourth-order valence-electron chi connectivity index (χ4n) is 3.68. The summed E-state index contributed by atoms with van der Waals surface area (Å²) in [5.74, 6) is 0.675. The van der Waals surface area contributed by atoms with Gasteiger partial charge in [0.15, 0.2) is 0 Å². The minimum atomic E-state index is 0.487. The average molecular weight is 291 g/mol. The van der Waals surface area contributed by atoms with E-state index in [9.17, 15) is 0 Å². The first-order valence-electron chi connectivity index (χ1n) is 8.15. The molecule has 4 heterocycles. The predicted molar refractivity (Wildman–Crippen MR) is 90.5 cm³/mol. The second-order valence-electron chi connectivity index (χ2n) is 6.29. The average Bonchev–Trinajstić information content (AvgIpc) is 2.60. The van der Waals surface area contributed by atoms with Gasteiger partial charge in [0.2, 0.25) is 0 Å². The lowest BCUT2D eigenvalue weighted by molar-refractivity contribution is 0.155. The molecule has 3 heteroatoms. The standard InChI is InChI=1S/C19H21N3/c1-14-19(16-9-11-22(14)12-10-16)21-17-7-8-18(20-13-17)15-5-3-2-4-6-15/h2-8,13-14,16H,9-12H2,1H3. The first-order chi connectivity index (χ1) is 10.8. The van der Waals surface area contributed by atoms with Gasteiger partial charge >= 0.3 is 0 Å². The van der Waals surface area contributed by atoms with E-state index in [0.717, 1.165) is 16.9 Å². The van der Waals surface area contributed by atoms with Crippen LogP contribution in [0.3, 0.4) is 0 Å². The number of pyridine rings is 1. The highest BCUT2D eigenvalue weighted by Gasteiger charge is 2.36. The molecule has 0 N–H and O–H groups in total. The van der Waals surface area contributed by atoms with Crippen molar-refractivity contribution in [2.24, 2.45) is 10.9 Å². The number of aliphatic imine (C=N–C) groups is 1. The van der Waals surface area contributed by atoms with Crippen molar-refractivity contribution < 1.29 is 0 Å². The maximum absolute atomic E-state index is 4.93. The molecule has 3 aliphatic heterocycles. The first kappa shape index (κ1) is 13.6. The van der Waals surface area contributed by atoms with Crippen LogP contribution in [0.2, 0.25) is 0 Å². The molecule has 3 saturated heterocycles. The van der Waals surface area contributed by atoms with Crippen molar-refractivity contribution in [3.63, 3.8) is 0 Å². The van der Waals surface area contributed by atoms with Crippen LogP contribution in [0.25, 0.3) is 11.3 Å². The van der Waals surface area contributed by atoms with Crippen molar-refractivity contribution in [2.75, 3.05) is 13.1 Å². The third-order valence-electron chi connectivity index (χ3n) is 5.00. The molecule has 3 fully saturated rings. The fourth-order valence-corrected chi connectivity index (χ4v) is 3.68. The van der Waals surface area contributed by atoms with Gasteiger partial charge in [0.1, 0.15) is 0 Å². The largest absolute Gasteiger partial charge is 0.295 e. The molecule has 22 heavy (non-hydrogen) atoms. The van der Waals surface area contributed by atoms with Crippen LogP contribution < -0.4 is 0 Å². The Morgan fingerprint density at radius 1 is 1.05 bits per heavy atom. The number of aromatic nitrogens is 1. The number of fused-ring (bicyclic) bond motifs is 3. The number of rotatable bonds is 2. The lowest BCUT2D eigenvalue weighted by Gasteiger charge is -2.45. The molecule has 3 aliphatic rings. The molecule has 0 spiro atoms. The molecule has 0 radical (unpaired) electrons. The molecule has 3 nitrogen and oxygen atoms in total. The molecule has 1 aromatic carbocycles. The van der Waals surface area contributed by atoms with Crippen molar-refractivity contribution in [3.05, 3.63) is 48.7 Å². The van der Waals surface area contributed by atoms with E-state index in [1.807, 2.05) is 24.4 Å². The Morgan fingerprint density at radius 3 is 2.45 bits per heavy atom. The number of piperidine rings is 3. The summed E-state index contributed by atoms with van der Waals surface area (Å²) in [4.78, 5) is 12.1. The minimum Gasteiger partial charge on any atom is -0.295 e. The normalized spacial score (nSPS) is 29.0. The molecule has 1 atom stereocenters.